The summed E-state index contributed by atoms with van der Waals surface area (Å²) in [5, 5.41) is 12.8. The molecule has 0 bridgehead atoms. The molecule has 0 aromatic carbocycles. The molecule has 4 fully saturated rings. The molecule has 4 aliphatic carbocycles. The van der Waals surface area contributed by atoms with E-state index in [0.29, 0.717) is 11.3 Å². The van der Waals surface area contributed by atoms with Gasteiger partial charge in [-0.05, 0) is 116 Å². The highest BCUT2D eigenvalue weighted by molar-refractivity contribution is 5.06. The zero-order valence-corrected chi connectivity index (χ0v) is 19.9. The number of hydrogen-bond donors (Lipinski definition) is 0. The van der Waals surface area contributed by atoms with Gasteiger partial charge in [0.25, 0.3) is 0 Å². The van der Waals surface area contributed by atoms with Gasteiger partial charge in [0.1, 0.15) is 0 Å². The second-order valence-electron chi connectivity index (χ2n) is 12.0. The fourth-order valence-electron chi connectivity index (χ4n) is 9.38. The molecule has 4 nitrogen and oxygen atoms in total. The van der Waals surface area contributed by atoms with Gasteiger partial charge in [-0.2, -0.15) is 4.80 Å². The minimum atomic E-state index is 0.544. The van der Waals surface area contributed by atoms with E-state index in [-0.39, 0.29) is 0 Å². The van der Waals surface area contributed by atoms with Crippen LogP contribution in [-0.4, -0.2) is 20.2 Å². The van der Waals surface area contributed by atoms with E-state index >= 15 is 0 Å². The normalized spacial score (nSPS) is 44.2. The Labute approximate surface area is 184 Å². The van der Waals surface area contributed by atoms with Crippen molar-refractivity contribution in [3.8, 4) is 0 Å². The fraction of sp³-hybridized carbons (Fsp3) is 0.962. The van der Waals surface area contributed by atoms with Crippen molar-refractivity contribution in [2.45, 2.75) is 105 Å². The number of rotatable bonds is 5. The van der Waals surface area contributed by atoms with Crippen molar-refractivity contribution < 1.29 is 0 Å². The van der Waals surface area contributed by atoms with E-state index in [1.807, 2.05) is 11.7 Å². The lowest BCUT2D eigenvalue weighted by Gasteiger charge is -2.57. The third kappa shape index (κ3) is 3.54. The minimum absolute atomic E-state index is 0.544. The molecule has 4 aliphatic rings. The number of aromatic nitrogens is 4. The Morgan fingerprint density at radius 2 is 1.87 bits per heavy atom. The van der Waals surface area contributed by atoms with Crippen molar-refractivity contribution in [1.82, 2.24) is 20.2 Å². The molecule has 0 radical (unpaired) electrons. The molecule has 9 atom stereocenters. The number of aryl methyl sites for hydroxylation is 1. The third-order valence-corrected chi connectivity index (χ3v) is 10.5. The van der Waals surface area contributed by atoms with Crippen LogP contribution in [0, 0.1) is 59.7 Å². The van der Waals surface area contributed by atoms with Gasteiger partial charge in [0.05, 0.1) is 6.54 Å². The quantitative estimate of drug-likeness (QED) is 0.570. The van der Waals surface area contributed by atoms with Gasteiger partial charge < -0.3 is 0 Å². The molecule has 0 spiro atoms. The second-order valence-corrected chi connectivity index (χ2v) is 12.0. The van der Waals surface area contributed by atoms with Crippen LogP contribution in [0.1, 0.15) is 97.2 Å². The summed E-state index contributed by atoms with van der Waals surface area (Å²) in [6.45, 7) is 10.4. The zero-order valence-electron chi connectivity index (χ0n) is 19.9. The summed E-state index contributed by atoms with van der Waals surface area (Å²) >= 11 is 0. The van der Waals surface area contributed by atoms with Crippen LogP contribution in [0.15, 0.2) is 0 Å². The average molecular weight is 413 g/mol. The predicted octanol–water partition coefficient (Wildman–Crippen LogP) is 6.30. The monoisotopic (exact) mass is 412 g/mol. The van der Waals surface area contributed by atoms with Gasteiger partial charge in [-0.3, -0.25) is 0 Å². The van der Waals surface area contributed by atoms with Crippen molar-refractivity contribution in [3.05, 3.63) is 5.82 Å². The van der Waals surface area contributed by atoms with E-state index in [9.17, 15) is 0 Å². The molecule has 0 aliphatic heterocycles. The molecule has 1 heterocycles. The highest BCUT2D eigenvalue weighted by atomic mass is 15.6. The SMILES string of the molecule is CCC[C@H]1CC[C@H]2C(CC[C@@H]3C2CC[C@@]2(C)C3CCC2[C@H](C)Cn2nnc(C)n2)C1. The van der Waals surface area contributed by atoms with Crippen LogP contribution in [-0.2, 0) is 6.54 Å². The van der Waals surface area contributed by atoms with Crippen molar-refractivity contribution in [3.63, 3.8) is 0 Å². The number of nitrogens with zero attached hydrogens (tertiary/aromatic N) is 4. The van der Waals surface area contributed by atoms with Crippen LogP contribution in [0.2, 0.25) is 0 Å². The first-order valence-electron chi connectivity index (χ1n) is 13.2. The molecule has 0 N–H and O–H groups in total. The molecule has 5 rings (SSSR count). The van der Waals surface area contributed by atoms with Crippen LogP contribution >= 0.6 is 0 Å². The van der Waals surface area contributed by atoms with Gasteiger partial charge in [-0.25, -0.2) is 0 Å². The van der Waals surface area contributed by atoms with Crippen molar-refractivity contribution >= 4 is 0 Å². The van der Waals surface area contributed by atoms with Gasteiger partial charge in [0.15, 0.2) is 5.82 Å². The van der Waals surface area contributed by atoms with Crippen LogP contribution < -0.4 is 0 Å². The summed E-state index contributed by atoms with van der Waals surface area (Å²) in [5.41, 5.74) is 0.544. The van der Waals surface area contributed by atoms with E-state index in [1.54, 1.807) is 19.3 Å². The first kappa shape index (κ1) is 20.9. The molecule has 1 aromatic heterocycles. The van der Waals surface area contributed by atoms with Gasteiger partial charge in [-0.1, -0.05) is 40.0 Å². The topological polar surface area (TPSA) is 43.6 Å². The van der Waals surface area contributed by atoms with Gasteiger partial charge in [0.2, 0.25) is 0 Å². The maximum atomic E-state index is 4.47. The fourth-order valence-corrected chi connectivity index (χ4v) is 9.38. The smallest absolute Gasteiger partial charge is 0.164 e. The van der Waals surface area contributed by atoms with Crippen LogP contribution in [0.5, 0.6) is 0 Å². The summed E-state index contributed by atoms with van der Waals surface area (Å²) in [6.07, 6.45) is 16.5. The Bertz CT molecular complexity index is 728. The third-order valence-electron chi connectivity index (χ3n) is 10.5. The summed E-state index contributed by atoms with van der Waals surface area (Å²) in [4.78, 5) is 1.85. The molecule has 4 heteroatoms. The maximum Gasteiger partial charge on any atom is 0.171 e. The van der Waals surface area contributed by atoms with E-state index in [1.165, 1.54) is 51.4 Å². The lowest BCUT2D eigenvalue weighted by atomic mass is 9.48. The second kappa shape index (κ2) is 8.20. The molecular weight excluding hydrogens is 368 g/mol. The molecule has 0 amide bonds. The minimum Gasteiger partial charge on any atom is -0.164 e. The van der Waals surface area contributed by atoms with Crippen LogP contribution in [0.3, 0.4) is 0 Å². The number of tetrazole rings is 1. The molecule has 168 valence electrons. The van der Waals surface area contributed by atoms with E-state index in [4.69, 9.17) is 0 Å². The Morgan fingerprint density at radius 1 is 1.03 bits per heavy atom. The van der Waals surface area contributed by atoms with Gasteiger partial charge >= 0.3 is 0 Å². The van der Waals surface area contributed by atoms with E-state index in [0.717, 1.165) is 53.8 Å². The number of hydrogen-bond acceptors (Lipinski definition) is 3. The molecular formula is C26H44N4. The standard InChI is InChI=1S/C26H44N4/c1-5-6-19-7-9-21-20(15-19)8-10-23-22(21)13-14-26(4)24(11-12-25(23)26)17(2)16-30-28-18(3)27-29-30/h17,19-25H,5-16H2,1-4H3/t17-,19+,20?,21+,22?,23-,24?,25?,26-/m1/s1. The highest BCUT2D eigenvalue weighted by Gasteiger charge is 2.57. The molecule has 4 saturated carbocycles. The Balaban J connectivity index is 1.27. The van der Waals surface area contributed by atoms with Crippen molar-refractivity contribution in [2.75, 3.05) is 0 Å². The Hall–Kier alpha value is -0.930. The maximum absolute atomic E-state index is 4.47. The molecule has 1 aromatic rings. The zero-order chi connectivity index (χ0) is 20.9. The summed E-state index contributed by atoms with van der Waals surface area (Å²) in [7, 11) is 0. The first-order valence-corrected chi connectivity index (χ1v) is 13.2. The van der Waals surface area contributed by atoms with Crippen LogP contribution in [0.4, 0.5) is 0 Å². The first-order chi connectivity index (χ1) is 14.5. The van der Waals surface area contributed by atoms with Crippen LogP contribution in [0.25, 0.3) is 0 Å². The Kier molecular flexibility index (Phi) is 5.73. The lowest BCUT2D eigenvalue weighted by molar-refractivity contribution is -0.0751. The predicted molar refractivity (Wildman–Crippen MR) is 121 cm³/mol. The molecule has 0 saturated heterocycles. The van der Waals surface area contributed by atoms with E-state index < -0.39 is 0 Å². The summed E-state index contributed by atoms with van der Waals surface area (Å²) < 4.78 is 0. The lowest BCUT2D eigenvalue weighted by Crippen LogP contribution is -2.49. The van der Waals surface area contributed by atoms with Crippen molar-refractivity contribution in [2.24, 2.45) is 52.8 Å². The number of fused-ring (bicyclic) bond motifs is 5. The van der Waals surface area contributed by atoms with Gasteiger partial charge in [0, 0.05) is 0 Å². The highest BCUT2D eigenvalue weighted by Crippen LogP contribution is 2.65. The van der Waals surface area contributed by atoms with Gasteiger partial charge in [-0.15, -0.1) is 10.2 Å². The van der Waals surface area contributed by atoms with Crippen molar-refractivity contribution in [1.29, 1.82) is 0 Å². The Morgan fingerprint density at radius 3 is 2.63 bits per heavy atom. The van der Waals surface area contributed by atoms with E-state index in [2.05, 4.69) is 36.2 Å². The largest absolute Gasteiger partial charge is 0.171 e. The average Bonchev–Trinajstić information content (AvgIpc) is 3.30. The summed E-state index contributed by atoms with van der Waals surface area (Å²) in [6, 6.07) is 0. The molecule has 30 heavy (non-hydrogen) atoms. The summed E-state index contributed by atoms with van der Waals surface area (Å²) in [5.74, 6) is 8.51. The molecule has 4 unspecified atom stereocenters.